The number of phenolic OH excluding ortho intramolecular Hbond substituents is 1. The van der Waals surface area contributed by atoms with Crippen LogP contribution in [0.15, 0.2) is 24.3 Å². The first kappa shape index (κ1) is 14.4. The van der Waals surface area contributed by atoms with Gasteiger partial charge in [-0.2, -0.15) is 0 Å². The van der Waals surface area contributed by atoms with Crippen LogP contribution in [0.1, 0.15) is 52.0 Å². The minimum Gasteiger partial charge on any atom is -0.508 e. The van der Waals surface area contributed by atoms with Crippen molar-refractivity contribution < 1.29 is 5.11 Å². The fourth-order valence-corrected chi connectivity index (χ4v) is 3.09. The van der Waals surface area contributed by atoms with Crippen LogP contribution in [0.25, 0.3) is 0 Å². The molecule has 0 saturated heterocycles. The van der Waals surface area contributed by atoms with Crippen LogP contribution >= 0.6 is 0 Å². The molecule has 0 atom stereocenters. The van der Waals surface area contributed by atoms with E-state index >= 15 is 0 Å². The lowest BCUT2D eigenvalue weighted by atomic mass is 9.79. The van der Waals surface area contributed by atoms with E-state index in [9.17, 15) is 5.11 Å². The molecule has 0 bridgehead atoms. The molecule has 0 radical (unpaired) electrons. The van der Waals surface area contributed by atoms with Crippen LogP contribution < -0.4 is 5.32 Å². The van der Waals surface area contributed by atoms with Gasteiger partial charge in [0, 0.05) is 12.1 Å². The Balaban J connectivity index is 2.07. The van der Waals surface area contributed by atoms with Crippen molar-refractivity contribution >= 4 is 0 Å². The smallest absolute Gasteiger partial charge is 0.115 e. The highest BCUT2D eigenvalue weighted by molar-refractivity contribution is 5.28. The van der Waals surface area contributed by atoms with Crippen molar-refractivity contribution in [3.63, 3.8) is 0 Å². The highest BCUT2D eigenvalue weighted by Gasteiger charge is 2.34. The molecule has 19 heavy (non-hydrogen) atoms. The van der Waals surface area contributed by atoms with Gasteiger partial charge in [-0.1, -0.05) is 25.0 Å². The van der Waals surface area contributed by atoms with E-state index < -0.39 is 0 Å². The van der Waals surface area contributed by atoms with Gasteiger partial charge in [0.25, 0.3) is 0 Å². The summed E-state index contributed by atoms with van der Waals surface area (Å²) in [5.41, 5.74) is 1.81. The summed E-state index contributed by atoms with van der Waals surface area (Å²) < 4.78 is 0. The molecule has 2 rings (SSSR count). The fraction of sp³-hybridized carbons (Fsp3) is 0.647. The predicted octanol–water partition coefficient (Wildman–Crippen LogP) is 3.88. The fourth-order valence-electron chi connectivity index (χ4n) is 3.09. The van der Waals surface area contributed by atoms with E-state index in [4.69, 9.17) is 0 Å². The molecular weight excluding hydrogens is 234 g/mol. The molecule has 1 saturated carbocycles. The summed E-state index contributed by atoms with van der Waals surface area (Å²) in [5.74, 6) is 0.384. The number of hydrogen-bond donors (Lipinski definition) is 2. The average Bonchev–Trinajstić information content (AvgIpc) is 2.75. The molecule has 106 valence electrons. The highest BCUT2D eigenvalue weighted by atomic mass is 16.3. The maximum atomic E-state index is 9.61. The zero-order valence-electron chi connectivity index (χ0n) is 12.5. The summed E-state index contributed by atoms with van der Waals surface area (Å²) in [5, 5.41) is 13.3. The van der Waals surface area contributed by atoms with Crippen LogP contribution in [-0.4, -0.2) is 17.2 Å². The SMILES string of the molecule is CC(C)(C)NCC1(Cc2cccc(O)c2)CCCC1. The Bertz CT molecular complexity index is 414. The zero-order chi connectivity index (χ0) is 13.9. The van der Waals surface area contributed by atoms with Crippen LogP contribution in [0.2, 0.25) is 0 Å². The molecule has 0 amide bonds. The lowest BCUT2D eigenvalue weighted by Crippen LogP contribution is -2.43. The van der Waals surface area contributed by atoms with Gasteiger partial charge in [-0.3, -0.25) is 0 Å². The van der Waals surface area contributed by atoms with Gasteiger partial charge in [-0.05, 0) is 63.1 Å². The molecule has 1 aliphatic carbocycles. The number of phenols is 1. The Morgan fingerprint density at radius 2 is 1.89 bits per heavy atom. The minimum absolute atomic E-state index is 0.175. The van der Waals surface area contributed by atoms with Crippen molar-refractivity contribution in [3.05, 3.63) is 29.8 Å². The first-order valence-electron chi connectivity index (χ1n) is 7.42. The maximum absolute atomic E-state index is 9.61. The number of hydrogen-bond acceptors (Lipinski definition) is 2. The van der Waals surface area contributed by atoms with Crippen molar-refractivity contribution in [1.82, 2.24) is 5.32 Å². The van der Waals surface area contributed by atoms with Gasteiger partial charge in [-0.15, -0.1) is 0 Å². The maximum Gasteiger partial charge on any atom is 0.115 e. The Hall–Kier alpha value is -1.02. The van der Waals surface area contributed by atoms with Gasteiger partial charge in [0.2, 0.25) is 0 Å². The lowest BCUT2D eigenvalue weighted by Gasteiger charge is -2.33. The van der Waals surface area contributed by atoms with E-state index in [1.807, 2.05) is 12.1 Å². The second-order valence-corrected chi connectivity index (χ2v) is 7.16. The van der Waals surface area contributed by atoms with Gasteiger partial charge in [-0.25, -0.2) is 0 Å². The summed E-state index contributed by atoms with van der Waals surface area (Å²) in [4.78, 5) is 0. The Kier molecular flexibility index (Phi) is 4.19. The van der Waals surface area contributed by atoms with Gasteiger partial charge in [0.15, 0.2) is 0 Å². The Morgan fingerprint density at radius 1 is 1.21 bits per heavy atom. The first-order chi connectivity index (χ1) is 8.89. The third kappa shape index (κ3) is 4.24. The average molecular weight is 261 g/mol. The van der Waals surface area contributed by atoms with Crippen LogP contribution in [0.5, 0.6) is 5.75 Å². The molecule has 1 fully saturated rings. The van der Waals surface area contributed by atoms with Gasteiger partial charge < -0.3 is 10.4 Å². The van der Waals surface area contributed by atoms with E-state index in [0.717, 1.165) is 13.0 Å². The number of aromatic hydroxyl groups is 1. The third-order valence-corrected chi connectivity index (χ3v) is 4.15. The summed E-state index contributed by atoms with van der Waals surface area (Å²) in [7, 11) is 0. The normalized spacial score (nSPS) is 18.7. The molecule has 0 aliphatic heterocycles. The van der Waals surface area contributed by atoms with Gasteiger partial charge in [0.05, 0.1) is 0 Å². The van der Waals surface area contributed by atoms with Gasteiger partial charge in [0.1, 0.15) is 5.75 Å². The van der Waals surface area contributed by atoms with Crippen molar-refractivity contribution in [2.45, 2.75) is 58.4 Å². The zero-order valence-corrected chi connectivity index (χ0v) is 12.5. The van der Waals surface area contributed by atoms with Crippen molar-refractivity contribution in [1.29, 1.82) is 0 Å². The number of nitrogens with one attached hydrogen (secondary N) is 1. The standard InChI is InChI=1S/C17H27NO/c1-16(2,3)18-13-17(9-4-5-10-17)12-14-7-6-8-15(19)11-14/h6-8,11,18-19H,4-5,9-10,12-13H2,1-3H3. The van der Waals surface area contributed by atoms with Crippen molar-refractivity contribution in [3.8, 4) is 5.75 Å². The molecule has 0 heterocycles. The number of benzene rings is 1. The molecule has 0 spiro atoms. The molecule has 0 aromatic heterocycles. The second kappa shape index (κ2) is 5.54. The quantitative estimate of drug-likeness (QED) is 0.862. The molecule has 1 aromatic rings. The Labute approximate surface area is 117 Å². The van der Waals surface area contributed by atoms with E-state index in [1.54, 1.807) is 6.07 Å². The van der Waals surface area contributed by atoms with Gasteiger partial charge >= 0.3 is 0 Å². The predicted molar refractivity (Wildman–Crippen MR) is 80.5 cm³/mol. The second-order valence-electron chi connectivity index (χ2n) is 7.16. The van der Waals surface area contributed by atoms with Crippen LogP contribution in [0.4, 0.5) is 0 Å². The largest absolute Gasteiger partial charge is 0.508 e. The summed E-state index contributed by atoms with van der Waals surface area (Å²) in [6, 6.07) is 7.75. The summed E-state index contributed by atoms with van der Waals surface area (Å²) >= 11 is 0. The monoisotopic (exact) mass is 261 g/mol. The summed E-state index contributed by atoms with van der Waals surface area (Å²) in [6.45, 7) is 7.75. The first-order valence-corrected chi connectivity index (χ1v) is 7.42. The molecule has 1 aliphatic rings. The topological polar surface area (TPSA) is 32.3 Å². The van der Waals surface area contributed by atoms with Crippen LogP contribution in [0.3, 0.4) is 0 Å². The van der Waals surface area contributed by atoms with Crippen molar-refractivity contribution in [2.75, 3.05) is 6.54 Å². The van der Waals surface area contributed by atoms with E-state index in [2.05, 4.69) is 32.2 Å². The molecular formula is C17H27NO. The van der Waals surface area contributed by atoms with Crippen LogP contribution in [0, 0.1) is 5.41 Å². The van der Waals surface area contributed by atoms with E-state index in [0.29, 0.717) is 11.2 Å². The molecule has 0 unspecified atom stereocenters. The van der Waals surface area contributed by atoms with E-state index in [1.165, 1.54) is 31.2 Å². The summed E-state index contributed by atoms with van der Waals surface area (Å²) in [6.07, 6.45) is 6.34. The number of rotatable bonds is 4. The Morgan fingerprint density at radius 3 is 2.47 bits per heavy atom. The molecule has 2 nitrogen and oxygen atoms in total. The van der Waals surface area contributed by atoms with E-state index in [-0.39, 0.29) is 5.54 Å². The minimum atomic E-state index is 0.175. The van der Waals surface area contributed by atoms with Crippen LogP contribution in [-0.2, 0) is 6.42 Å². The molecule has 2 N–H and O–H groups in total. The third-order valence-electron chi connectivity index (χ3n) is 4.15. The highest BCUT2D eigenvalue weighted by Crippen LogP contribution is 2.41. The molecule has 2 heteroatoms. The molecule has 1 aromatic carbocycles. The lowest BCUT2D eigenvalue weighted by molar-refractivity contribution is 0.244. The van der Waals surface area contributed by atoms with Crippen molar-refractivity contribution in [2.24, 2.45) is 5.41 Å².